The Hall–Kier alpha value is -13.6. The van der Waals surface area contributed by atoms with Crippen molar-refractivity contribution in [2.45, 2.75) is 71.9 Å². The second-order valence-corrected chi connectivity index (χ2v) is 28.2. The number of anilines is 3. The fraction of sp³-hybridized carbons (Fsp3) is 0.216. The van der Waals surface area contributed by atoms with Crippen molar-refractivity contribution in [1.82, 2.24) is 78.4 Å². The first kappa shape index (κ1) is 80.9. The molecule has 0 unspecified atom stereocenters. The maximum atomic E-state index is 14.9. The molecule has 0 radical (unpaired) electrons. The Morgan fingerprint density at radius 2 is 0.881 bits per heavy atom. The molecule has 0 spiro atoms. The summed E-state index contributed by atoms with van der Waals surface area (Å²) in [6, 6.07) is 47.1. The number of fused-ring (bicyclic) bond motifs is 6. The van der Waals surface area contributed by atoms with Gasteiger partial charge in [0.05, 0.1) is 120 Å². The number of rotatable bonds is 23. The maximum absolute atomic E-state index is 14.9. The lowest BCUT2D eigenvalue weighted by Gasteiger charge is -2.26. The summed E-state index contributed by atoms with van der Waals surface area (Å²) >= 11 is 6.32. The summed E-state index contributed by atoms with van der Waals surface area (Å²) < 4.78 is 83.5. The lowest BCUT2D eigenvalue weighted by molar-refractivity contribution is 0.0384. The Labute approximate surface area is 680 Å². The first-order chi connectivity index (χ1) is 57.3. The summed E-state index contributed by atoms with van der Waals surface area (Å²) in [5.74, 6) is 1.72. The molecular weight excluding hydrogens is 1530 g/mol. The van der Waals surface area contributed by atoms with Crippen LogP contribution < -0.4 is 30.2 Å². The van der Waals surface area contributed by atoms with Crippen LogP contribution in [-0.2, 0) is 30.8 Å². The molecule has 7 aromatic carbocycles. The molecule has 4 N–H and O–H groups in total. The molecule has 9 aromatic heterocycles. The van der Waals surface area contributed by atoms with Crippen LogP contribution >= 0.6 is 11.6 Å². The third-order valence-corrected chi connectivity index (χ3v) is 20.5. The van der Waals surface area contributed by atoms with Gasteiger partial charge >= 0.3 is 5.97 Å². The molecule has 600 valence electrons. The minimum atomic E-state index is -1.10. The fourth-order valence-corrected chi connectivity index (χ4v) is 14.0. The van der Waals surface area contributed by atoms with Crippen LogP contribution in [-0.4, -0.2) is 144 Å². The standard InChI is InChI=1S/C30H32FN7O2.C26H23FN6O.C24H20ClFN6O.C8H7FO2/c1-20(27-16-24-23(4-3-5-25(24)31)26(36-27)10-11-37-12-14-40-15-13-37)35-29-28-30(33-18-32-29)38(19-34-28)17-21-6-8-22(39-2)9-7-21;1-4-22-19-6-5-7-21(27)20(19)12-23(32-22)16(2)31-25-24-26(29-14-28-25)33(15-30-24)13-17-8-10-18(34-3)11-9-17;1-14(20-10-18-17(22(25)31-20)4-3-5-19(18)26)30-23-21-24(28-12-27-23)32(13-29-21)11-15-6-8-16(33-2)9-7-15;1-5-6(8(10)11)3-2-4-7(5)9/h3-9,16,18-20H,10-15,17H2,1-2H3,(H,32,33,35);4-12,14-16H,1,13H2,2-3H3,(H,28,29,31);3-10,12-14H,11H2,1-2H3,(H,27,28,30);2-4H,1H3,(H,10,11)/t20-;16-;14-;/m000./s1. The quantitative estimate of drug-likeness (QED) is 0.0342. The Bertz CT molecular complexity index is 6270. The number of halogens is 5. The van der Waals surface area contributed by atoms with E-state index in [9.17, 15) is 22.4 Å². The van der Waals surface area contributed by atoms with Crippen molar-refractivity contribution in [3.63, 3.8) is 0 Å². The molecule has 25 nitrogen and oxygen atoms in total. The zero-order valence-electron chi connectivity index (χ0n) is 65.5. The van der Waals surface area contributed by atoms with E-state index in [0.717, 1.165) is 101 Å². The number of nitrogens with one attached hydrogen (secondary N) is 3. The van der Waals surface area contributed by atoms with E-state index < -0.39 is 11.8 Å². The zero-order chi connectivity index (χ0) is 82.5. The average Bonchev–Trinajstić information content (AvgIpc) is 0.937. The molecular formula is C88H82ClF4N19O6. The molecule has 16 aromatic rings. The lowest BCUT2D eigenvalue weighted by atomic mass is 10.0. The van der Waals surface area contributed by atoms with Gasteiger partial charge in [-0.1, -0.05) is 97.0 Å². The van der Waals surface area contributed by atoms with E-state index in [1.165, 1.54) is 62.3 Å². The number of imidazole rings is 3. The Morgan fingerprint density at radius 1 is 0.500 bits per heavy atom. The largest absolute Gasteiger partial charge is 0.497 e. The van der Waals surface area contributed by atoms with E-state index in [-0.39, 0.29) is 51.9 Å². The normalized spacial score (nSPS) is 12.9. The van der Waals surface area contributed by atoms with Gasteiger partial charge in [-0.05, 0) is 141 Å². The topological polar surface area (TPSA) is 283 Å². The van der Waals surface area contributed by atoms with Crippen LogP contribution in [0.25, 0.3) is 71.9 Å². The predicted molar refractivity (Wildman–Crippen MR) is 448 cm³/mol. The monoisotopic (exact) mass is 1610 g/mol. The molecule has 0 aliphatic carbocycles. The average molecular weight is 1610 g/mol. The number of carboxylic acids is 1. The van der Waals surface area contributed by atoms with Crippen molar-refractivity contribution in [3.8, 4) is 17.2 Å². The van der Waals surface area contributed by atoms with Gasteiger partial charge in [-0.2, -0.15) is 0 Å². The van der Waals surface area contributed by atoms with E-state index in [1.54, 1.807) is 82.8 Å². The third-order valence-electron chi connectivity index (χ3n) is 20.2. The van der Waals surface area contributed by atoms with Crippen molar-refractivity contribution >= 4 is 107 Å². The number of carboxylic acid groups (broad SMARTS) is 1. The summed E-state index contributed by atoms with van der Waals surface area (Å²) in [5.41, 5.74) is 11.1. The van der Waals surface area contributed by atoms with Gasteiger partial charge in [-0.15, -0.1) is 0 Å². The van der Waals surface area contributed by atoms with E-state index in [4.69, 9.17) is 40.6 Å². The number of hydrogen-bond donors (Lipinski definition) is 4. The number of aromatic nitrogens is 15. The molecule has 1 aliphatic heterocycles. The van der Waals surface area contributed by atoms with Gasteiger partial charge in [-0.25, -0.2) is 72.2 Å². The van der Waals surface area contributed by atoms with Crippen molar-refractivity contribution in [2.24, 2.45) is 0 Å². The molecule has 0 saturated carbocycles. The van der Waals surface area contributed by atoms with Crippen molar-refractivity contribution in [3.05, 3.63) is 293 Å². The van der Waals surface area contributed by atoms with E-state index in [2.05, 4.69) is 82.3 Å². The SMILES string of the molecule is C=Cc1nc([C@H](C)Nc2ncnc3c2ncn3Cc2ccc(OC)cc2)cc2c(F)cccc12.COc1ccc(Cn2cnc3c(N[C@@H](C)c4cc5c(F)cccc5c(CCN5CCOCC5)n4)ncnc32)cc1.COc1ccc(Cn2cnc3c(N[C@@H](C)c4cc5c(F)cccc5c(Cl)n4)ncnc32)cc1.Cc1c(F)cccc1C(=O)O. The number of aromatic carboxylic acids is 1. The highest BCUT2D eigenvalue weighted by Crippen LogP contribution is 2.34. The molecule has 30 heteroatoms. The number of morpholine rings is 1. The second kappa shape index (κ2) is 36.9. The van der Waals surface area contributed by atoms with E-state index in [0.29, 0.717) is 104 Å². The Morgan fingerprint density at radius 3 is 1.30 bits per heavy atom. The maximum Gasteiger partial charge on any atom is 0.336 e. The van der Waals surface area contributed by atoms with E-state index >= 15 is 0 Å². The highest BCUT2D eigenvalue weighted by atomic mass is 35.5. The smallest absolute Gasteiger partial charge is 0.336 e. The second-order valence-electron chi connectivity index (χ2n) is 27.8. The van der Waals surface area contributed by atoms with Gasteiger partial charge in [0, 0.05) is 64.1 Å². The first-order valence-electron chi connectivity index (χ1n) is 37.8. The van der Waals surface area contributed by atoms with Crippen LogP contribution in [0.5, 0.6) is 17.2 Å². The van der Waals surface area contributed by atoms with Gasteiger partial charge in [0.15, 0.2) is 34.4 Å². The molecule has 1 fully saturated rings. The van der Waals surface area contributed by atoms with Crippen LogP contribution in [0.2, 0.25) is 5.15 Å². The number of pyridine rings is 3. The molecule has 1 saturated heterocycles. The van der Waals surface area contributed by atoms with Crippen molar-refractivity contribution in [1.29, 1.82) is 0 Å². The van der Waals surface area contributed by atoms with Crippen molar-refractivity contribution < 1.29 is 46.4 Å². The Balaban J connectivity index is 0.000000137. The minimum Gasteiger partial charge on any atom is -0.497 e. The number of ether oxygens (including phenoxy) is 4. The Kier molecular flexibility index (Phi) is 25.3. The number of benzene rings is 7. The molecule has 1 aliphatic rings. The van der Waals surface area contributed by atoms with Crippen LogP contribution in [0, 0.1) is 30.2 Å². The van der Waals surface area contributed by atoms with Crippen LogP contribution in [0.1, 0.15) is 100.0 Å². The van der Waals surface area contributed by atoms with E-state index in [1.807, 2.05) is 125 Å². The van der Waals surface area contributed by atoms with Crippen LogP contribution in [0.15, 0.2) is 208 Å². The van der Waals surface area contributed by atoms with Crippen LogP contribution in [0.3, 0.4) is 0 Å². The third kappa shape index (κ3) is 18.5. The van der Waals surface area contributed by atoms with Gasteiger partial charge < -0.3 is 53.7 Å². The molecule has 0 bridgehead atoms. The van der Waals surface area contributed by atoms with Gasteiger partial charge in [0.2, 0.25) is 0 Å². The summed E-state index contributed by atoms with van der Waals surface area (Å²) in [6.07, 6.45) is 12.2. The van der Waals surface area contributed by atoms with Crippen molar-refractivity contribution in [2.75, 3.05) is 70.1 Å². The summed E-state index contributed by atoms with van der Waals surface area (Å²) in [7, 11) is 4.94. The number of hydrogen-bond acceptors (Lipinski definition) is 21. The number of nitrogens with zero attached hydrogens (tertiary/aromatic N) is 16. The number of methoxy groups -OCH3 is 3. The predicted octanol–water partition coefficient (Wildman–Crippen LogP) is 17.2. The highest BCUT2D eigenvalue weighted by molar-refractivity contribution is 6.34. The van der Waals surface area contributed by atoms with Gasteiger partial charge in [0.25, 0.3) is 0 Å². The molecule has 0 amide bonds. The first-order valence-corrected chi connectivity index (χ1v) is 38.2. The fourth-order valence-electron chi connectivity index (χ4n) is 13.7. The molecule has 17 rings (SSSR count). The summed E-state index contributed by atoms with van der Waals surface area (Å²) in [4.78, 5) is 67.2. The van der Waals surface area contributed by atoms with Gasteiger partial charge in [-0.3, -0.25) is 14.9 Å². The lowest BCUT2D eigenvalue weighted by Crippen LogP contribution is -2.37. The molecule has 10 heterocycles. The molecule has 3 atom stereocenters. The van der Waals surface area contributed by atoms with Gasteiger partial charge in [0.1, 0.15) is 81.2 Å². The van der Waals surface area contributed by atoms with Crippen LogP contribution in [0.4, 0.5) is 35.0 Å². The minimum absolute atomic E-state index is 0.0185. The summed E-state index contributed by atoms with van der Waals surface area (Å²) in [5, 5.41) is 22.6. The highest BCUT2D eigenvalue weighted by Gasteiger charge is 2.23. The zero-order valence-corrected chi connectivity index (χ0v) is 66.2. The summed E-state index contributed by atoms with van der Waals surface area (Å²) in [6.45, 7) is 17.1. The molecule has 118 heavy (non-hydrogen) atoms. The number of carbonyl (C=O) groups is 1.